The Morgan fingerprint density at radius 1 is 0.500 bits per heavy atom. The lowest BCUT2D eigenvalue weighted by molar-refractivity contribution is 0.474. The number of nitrogens with zero attached hydrogens (tertiary/aromatic N) is 4. The van der Waals surface area contributed by atoms with E-state index in [2.05, 4.69) is 73.9 Å². The van der Waals surface area contributed by atoms with Gasteiger partial charge in [-0.2, -0.15) is 0 Å². The molecule has 6 nitrogen and oxygen atoms in total. The molecule has 6 rings (SSSR count). The van der Waals surface area contributed by atoms with E-state index in [9.17, 15) is 10.2 Å². The van der Waals surface area contributed by atoms with Crippen molar-refractivity contribution in [2.24, 2.45) is 9.98 Å². The van der Waals surface area contributed by atoms with Gasteiger partial charge in [0.25, 0.3) is 0 Å². The minimum absolute atomic E-state index is 0.188. The molecule has 0 fully saturated rings. The summed E-state index contributed by atoms with van der Waals surface area (Å²) in [4.78, 5) is 14.4. The highest BCUT2D eigenvalue weighted by Crippen LogP contribution is 2.45. The van der Waals surface area contributed by atoms with Crippen LogP contribution in [0.2, 0.25) is 0 Å². The van der Waals surface area contributed by atoms with Crippen LogP contribution in [0, 0.1) is 0 Å². The first-order valence-corrected chi connectivity index (χ1v) is 16.7. The van der Waals surface area contributed by atoms with Crippen LogP contribution >= 0.6 is 0 Å². The fraction of sp³-hybridized carbons (Fsp3) is 0.190. The second-order valence-electron chi connectivity index (χ2n) is 11.7. The second kappa shape index (κ2) is 14.4. The van der Waals surface area contributed by atoms with Crippen molar-refractivity contribution in [1.29, 1.82) is 0 Å². The van der Waals surface area contributed by atoms with E-state index in [1.54, 1.807) is 24.6 Å². The average molecular weight is 635 g/mol. The molecule has 48 heavy (non-hydrogen) atoms. The number of hydrogen-bond acceptors (Lipinski definition) is 6. The Morgan fingerprint density at radius 3 is 1.27 bits per heavy atom. The van der Waals surface area contributed by atoms with Gasteiger partial charge in [0.15, 0.2) is 0 Å². The van der Waals surface area contributed by atoms with E-state index in [1.807, 2.05) is 60.7 Å². The highest BCUT2D eigenvalue weighted by molar-refractivity contribution is 6.13. The number of hydrogen-bond donors (Lipinski definition) is 2. The molecule has 0 spiro atoms. The van der Waals surface area contributed by atoms with Crippen molar-refractivity contribution in [3.63, 3.8) is 0 Å². The van der Waals surface area contributed by atoms with Crippen molar-refractivity contribution >= 4 is 56.7 Å². The van der Waals surface area contributed by atoms with Crippen LogP contribution in [0.15, 0.2) is 119 Å². The van der Waals surface area contributed by atoms with Crippen molar-refractivity contribution in [1.82, 2.24) is 0 Å². The van der Waals surface area contributed by atoms with Crippen molar-refractivity contribution in [2.75, 3.05) is 36.0 Å². The van der Waals surface area contributed by atoms with Gasteiger partial charge >= 0.3 is 0 Å². The van der Waals surface area contributed by atoms with Crippen molar-refractivity contribution in [3.05, 3.63) is 120 Å². The summed E-state index contributed by atoms with van der Waals surface area (Å²) in [6.45, 7) is 11.9. The number of fused-ring (bicyclic) bond motifs is 2. The van der Waals surface area contributed by atoms with Gasteiger partial charge in [0.2, 0.25) is 0 Å². The highest BCUT2D eigenvalue weighted by atomic mass is 16.3. The van der Waals surface area contributed by atoms with Crippen LogP contribution in [-0.2, 0) is 0 Å². The maximum absolute atomic E-state index is 11.0. The minimum atomic E-state index is 0.188. The Balaban J connectivity index is 1.51. The fourth-order valence-corrected chi connectivity index (χ4v) is 6.39. The molecule has 0 unspecified atom stereocenters. The zero-order valence-corrected chi connectivity index (χ0v) is 28.1. The molecule has 6 aromatic carbocycles. The van der Waals surface area contributed by atoms with Gasteiger partial charge < -0.3 is 20.0 Å². The van der Waals surface area contributed by atoms with E-state index in [0.29, 0.717) is 11.1 Å². The molecule has 0 aliphatic carbocycles. The first kappa shape index (κ1) is 32.3. The summed E-state index contributed by atoms with van der Waals surface area (Å²) in [6, 6.07) is 36.3. The number of anilines is 2. The highest BCUT2D eigenvalue weighted by Gasteiger charge is 2.17. The quantitative estimate of drug-likeness (QED) is 0.139. The van der Waals surface area contributed by atoms with Crippen LogP contribution in [0.25, 0.3) is 32.7 Å². The minimum Gasteiger partial charge on any atom is -0.507 e. The van der Waals surface area contributed by atoms with Gasteiger partial charge in [-0.15, -0.1) is 0 Å². The Bertz CT molecular complexity index is 1970. The molecule has 0 aliphatic rings. The van der Waals surface area contributed by atoms with Gasteiger partial charge in [-0.05, 0) is 85.6 Å². The molecule has 242 valence electrons. The van der Waals surface area contributed by atoms with Crippen molar-refractivity contribution < 1.29 is 10.2 Å². The van der Waals surface area contributed by atoms with Crippen LogP contribution in [0.5, 0.6) is 11.5 Å². The van der Waals surface area contributed by atoms with E-state index in [0.717, 1.165) is 81.6 Å². The van der Waals surface area contributed by atoms with E-state index < -0.39 is 0 Å². The average Bonchev–Trinajstić information content (AvgIpc) is 3.11. The summed E-state index contributed by atoms with van der Waals surface area (Å²) in [7, 11) is 0. The van der Waals surface area contributed by atoms with Crippen molar-refractivity contribution in [2.45, 2.75) is 27.7 Å². The number of aromatic hydroxyl groups is 2. The molecule has 2 N–H and O–H groups in total. The SMILES string of the molecule is CCN(CC)c1ccc(C=Nc2ccc3ccccc3c2-c2c(N=Cc3ccc(N(CC)CC)cc3O)ccc3ccccc23)c(O)c1. The van der Waals surface area contributed by atoms with Crippen molar-refractivity contribution in [3.8, 4) is 22.6 Å². The molecule has 6 heteroatoms. The molecule has 0 aromatic heterocycles. The molecule has 0 aliphatic heterocycles. The van der Waals surface area contributed by atoms with Gasteiger partial charge in [-0.1, -0.05) is 60.7 Å². The molecule has 0 atom stereocenters. The first-order valence-electron chi connectivity index (χ1n) is 16.7. The number of benzene rings is 6. The van der Waals surface area contributed by atoms with Gasteiger partial charge in [0.1, 0.15) is 11.5 Å². The third kappa shape index (κ3) is 6.47. The van der Waals surface area contributed by atoms with E-state index in [1.165, 1.54) is 0 Å². The fourth-order valence-electron chi connectivity index (χ4n) is 6.39. The normalized spacial score (nSPS) is 11.7. The summed E-state index contributed by atoms with van der Waals surface area (Å²) >= 11 is 0. The molecule has 0 heterocycles. The lowest BCUT2D eigenvalue weighted by Gasteiger charge is -2.21. The second-order valence-corrected chi connectivity index (χ2v) is 11.7. The van der Waals surface area contributed by atoms with Crippen LogP contribution in [0.4, 0.5) is 22.7 Å². The van der Waals surface area contributed by atoms with Gasteiger partial charge in [-0.3, -0.25) is 9.98 Å². The predicted octanol–water partition coefficient (Wildman–Crippen LogP) is 10.3. The number of phenols is 2. The Kier molecular flexibility index (Phi) is 9.72. The monoisotopic (exact) mass is 634 g/mol. The van der Waals surface area contributed by atoms with Gasteiger partial charge in [0, 0.05) is 84.4 Å². The zero-order valence-electron chi connectivity index (χ0n) is 28.1. The molecule has 0 saturated carbocycles. The van der Waals surface area contributed by atoms with E-state index >= 15 is 0 Å². The van der Waals surface area contributed by atoms with E-state index in [-0.39, 0.29) is 11.5 Å². The Morgan fingerprint density at radius 2 is 0.896 bits per heavy atom. The summed E-state index contributed by atoms with van der Waals surface area (Å²) in [6.07, 6.45) is 3.47. The summed E-state index contributed by atoms with van der Waals surface area (Å²) in [5.74, 6) is 0.375. The third-order valence-corrected chi connectivity index (χ3v) is 9.03. The van der Waals surface area contributed by atoms with Crippen LogP contribution in [0.3, 0.4) is 0 Å². The first-order chi connectivity index (χ1) is 23.4. The number of aliphatic imine (C=N–C) groups is 2. The number of rotatable bonds is 11. The molecular weight excluding hydrogens is 592 g/mol. The molecule has 6 aromatic rings. The predicted molar refractivity (Wildman–Crippen MR) is 205 cm³/mol. The molecule has 0 bridgehead atoms. The third-order valence-electron chi connectivity index (χ3n) is 9.03. The molecule has 0 radical (unpaired) electrons. The summed E-state index contributed by atoms with van der Waals surface area (Å²) in [5, 5.41) is 26.2. The summed E-state index contributed by atoms with van der Waals surface area (Å²) < 4.78 is 0. The molecular formula is C42H42N4O2. The Hall–Kier alpha value is -5.62. The van der Waals surface area contributed by atoms with Gasteiger partial charge in [-0.25, -0.2) is 0 Å². The lowest BCUT2D eigenvalue weighted by atomic mass is 9.91. The largest absolute Gasteiger partial charge is 0.507 e. The standard InChI is InChI=1S/C42H42N4O2/c1-5-45(6-2)33-21-17-31(39(47)25-33)27-43-37-23-19-29-13-9-11-15-35(29)41(37)42-36-16-12-10-14-30(36)20-24-38(42)44-28-32-18-22-34(26-40(32)48)46(7-3)8-4/h9-28,47-48H,5-8H2,1-4H3. The number of phenolic OH excluding ortho intramolecular Hbond substituents is 2. The topological polar surface area (TPSA) is 71.7 Å². The molecule has 0 saturated heterocycles. The zero-order chi connectivity index (χ0) is 33.6. The Labute approximate surface area is 283 Å². The maximum Gasteiger partial charge on any atom is 0.126 e. The van der Waals surface area contributed by atoms with Crippen LogP contribution < -0.4 is 9.80 Å². The molecule has 0 amide bonds. The van der Waals surface area contributed by atoms with E-state index in [4.69, 9.17) is 9.98 Å². The van der Waals surface area contributed by atoms with Gasteiger partial charge in [0.05, 0.1) is 11.4 Å². The maximum atomic E-state index is 11.0. The van der Waals surface area contributed by atoms with Crippen LogP contribution in [-0.4, -0.2) is 48.8 Å². The van der Waals surface area contributed by atoms with Crippen LogP contribution in [0.1, 0.15) is 38.8 Å². The summed E-state index contributed by atoms with van der Waals surface area (Å²) in [5.41, 5.74) is 6.68. The smallest absolute Gasteiger partial charge is 0.126 e. The lowest BCUT2D eigenvalue weighted by Crippen LogP contribution is -2.21.